The maximum atomic E-state index is 9.89. The standard InChI is InChI=1S/C4H7NO/c1-4(6)3-5-2/h3H,1-2H3. The molecule has 0 aromatic heterocycles. The van der Waals surface area contributed by atoms with Gasteiger partial charge >= 0.3 is 0 Å². The van der Waals surface area contributed by atoms with Gasteiger partial charge in [0.25, 0.3) is 0 Å². The molecule has 0 aliphatic carbocycles. The van der Waals surface area contributed by atoms with E-state index in [0.29, 0.717) is 0 Å². The summed E-state index contributed by atoms with van der Waals surface area (Å²) in [5.74, 6) is -0.00231. The minimum Gasteiger partial charge on any atom is -0.293 e. The molecule has 0 aromatic rings. The summed E-state index contributed by atoms with van der Waals surface area (Å²) in [6.07, 6.45) is 1.28. The van der Waals surface area contributed by atoms with Gasteiger partial charge in [0.15, 0.2) is 5.78 Å². The Morgan fingerprint density at radius 2 is 2.33 bits per heavy atom. The zero-order valence-corrected chi connectivity index (χ0v) is 3.93. The number of ketones is 1. The Morgan fingerprint density at radius 3 is 2.33 bits per heavy atom. The summed E-state index contributed by atoms with van der Waals surface area (Å²) in [5, 5.41) is 0. The molecule has 0 spiro atoms. The Labute approximate surface area is 36.9 Å². The highest BCUT2D eigenvalue weighted by molar-refractivity contribution is 6.26. The van der Waals surface area contributed by atoms with E-state index in [2.05, 4.69) is 4.99 Å². The third-order valence-electron chi connectivity index (χ3n) is 0.311. The van der Waals surface area contributed by atoms with Gasteiger partial charge in [-0.2, -0.15) is 0 Å². The van der Waals surface area contributed by atoms with Crippen LogP contribution in [0.1, 0.15) is 6.92 Å². The number of carbonyl (C=O) groups excluding carboxylic acids is 1. The lowest BCUT2D eigenvalue weighted by molar-refractivity contribution is -0.110. The second kappa shape index (κ2) is 2.57. The number of hydrogen-bond acceptors (Lipinski definition) is 2. The predicted molar refractivity (Wildman–Crippen MR) is 25.1 cm³/mol. The first kappa shape index (κ1) is 5.34. The van der Waals surface area contributed by atoms with Gasteiger partial charge in [0.2, 0.25) is 0 Å². The number of hydrogen-bond donors (Lipinski definition) is 0. The minimum atomic E-state index is -0.00231. The lowest BCUT2D eigenvalue weighted by atomic mass is 10.5. The van der Waals surface area contributed by atoms with Crippen LogP contribution in [0, 0.1) is 0 Å². The zero-order valence-electron chi connectivity index (χ0n) is 3.93. The van der Waals surface area contributed by atoms with Crippen molar-refractivity contribution in [1.29, 1.82) is 0 Å². The van der Waals surface area contributed by atoms with Crippen molar-refractivity contribution in [1.82, 2.24) is 0 Å². The molecule has 0 aliphatic heterocycles. The number of rotatable bonds is 1. The molecule has 0 atom stereocenters. The minimum absolute atomic E-state index is 0.00231. The maximum Gasteiger partial charge on any atom is 0.170 e. The molecule has 0 fully saturated rings. The lowest BCUT2D eigenvalue weighted by Gasteiger charge is -1.68. The summed E-state index contributed by atoms with van der Waals surface area (Å²) in [6.45, 7) is 1.47. The van der Waals surface area contributed by atoms with Gasteiger partial charge in [0.05, 0.1) is 6.21 Å². The molecule has 6 heavy (non-hydrogen) atoms. The summed E-state index contributed by atoms with van der Waals surface area (Å²) in [7, 11) is 1.57. The van der Waals surface area contributed by atoms with Gasteiger partial charge in [0.1, 0.15) is 0 Å². The van der Waals surface area contributed by atoms with Crippen molar-refractivity contribution >= 4 is 12.0 Å². The topological polar surface area (TPSA) is 29.4 Å². The Balaban J connectivity index is 3.30. The average Bonchev–Trinajstić information content (AvgIpc) is 1.35. The van der Waals surface area contributed by atoms with E-state index in [0.717, 1.165) is 0 Å². The van der Waals surface area contributed by atoms with Crippen molar-refractivity contribution < 1.29 is 4.79 Å². The first-order valence-electron chi connectivity index (χ1n) is 1.70. The van der Waals surface area contributed by atoms with E-state index in [-0.39, 0.29) is 5.78 Å². The predicted octanol–water partition coefficient (Wildman–Crippen LogP) is 0.276. The molecule has 0 bridgehead atoms. The molecule has 0 radical (unpaired) electrons. The Hall–Kier alpha value is -0.660. The zero-order chi connectivity index (χ0) is 4.99. The summed E-state index contributed by atoms with van der Waals surface area (Å²) >= 11 is 0. The van der Waals surface area contributed by atoms with Gasteiger partial charge in [-0.25, -0.2) is 0 Å². The van der Waals surface area contributed by atoms with E-state index in [1.54, 1.807) is 7.05 Å². The molecule has 0 saturated carbocycles. The second-order valence-corrected chi connectivity index (χ2v) is 0.998. The van der Waals surface area contributed by atoms with Crippen LogP contribution < -0.4 is 0 Å². The van der Waals surface area contributed by atoms with Gasteiger partial charge in [-0.1, -0.05) is 0 Å². The molecule has 34 valence electrons. The highest BCUT2D eigenvalue weighted by atomic mass is 16.1. The molecular weight excluding hydrogens is 78.0 g/mol. The van der Waals surface area contributed by atoms with Crippen LogP contribution in [0.15, 0.2) is 4.99 Å². The SMILES string of the molecule is CN=CC(C)=O. The number of aliphatic imine (C=N–C) groups is 1. The lowest BCUT2D eigenvalue weighted by Crippen LogP contribution is -1.87. The van der Waals surface area contributed by atoms with Crippen LogP contribution in [0.3, 0.4) is 0 Å². The quantitative estimate of drug-likeness (QED) is 0.420. The van der Waals surface area contributed by atoms with E-state index in [1.807, 2.05) is 0 Å². The van der Waals surface area contributed by atoms with E-state index < -0.39 is 0 Å². The third-order valence-corrected chi connectivity index (χ3v) is 0.311. The van der Waals surface area contributed by atoms with Gasteiger partial charge in [-0.3, -0.25) is 9.79 Å². The highest BCUT2D eigenvalue weighted by Crippen LogP contribution is 1.56. The molecule has 0 rings (SSSR count). The molecule has 0 heterocycles. The summed E-state index contributed by atoms with van der Waals surface area (Å²) < 4.78 is 0. The monoisotopic (exact) mass is 85.1 g/mol. The Bertz CT molecular complexity index is 75.6. The molecule has 0 saturated heterocycles. The van der Waals surface area contributed by atoms with Crippen LogP contribution in [0.4, 0.5) is 0 Å². The largest absolute Gasteiger partial charge is 0.293 e. The van der Waals surface area contributed by atoms with Crippen molar-refractivity contribution in [2.75, 3.05) is 7.05 Å². The van der Waals surface area contributed by atoms with Crippen LogP contribution in [0.2, 0.25) is 0 Å². The molecule has 0 aromatic carbocycles. The van der Waals surface area contributed by atoms with Crippen molar-refractivity contribution in [3.8, 4) is 0 Å². The fraction of sp³-hybridized carbons (Fsp3) is 0.500. The third kappa shape index (κ3) is 3.34. The molecule has 0 aliphatic rings. The van der Waals surface area contributed by atoms with E-state index in [1.165, 1.54) is 13.1 Å². The summed E-state index contributed by atoms with van der Waals surface area (Å²) in [6, 6.07) is 0. The number of nitrogens with zero attached hydrogens (tertiary/aromatic N) is 1. The first-order valence-corrected chi connectivity index (χ1v) is 1.70. The molecule has 2 nitrogen and oxygen atoms in total. The van der Waals surface area contributed by atoms with Gasteiger partial charge in [0, 0.05) is 14.0 Å². The van der Waals surface area contributed by atoms with Crippen molar-refractivity contribution in [2.24, 2.45) is 4.99 Å². The fourth-order valence-electron chi connectivity index (χ4n) is 0.182. The van der Waals surface area contributed by atoms with E-state index in [4.69, 9.17) is 0 Å². The van der Waals surface area contributed by atoms with Crippen LogP contribution in [0.25, 0.3) is 0 Å². The maximum absolute atomic E-state index is 9.89. The number of carbonyl (C=O) groups is 1. The Kier molecular flexibility index (Phi) is 2.29. The fourth-order valence-corrected chi connectivity index (χ4v) is 0.182. The van der Waals surface area contributed by atoms with Crippen molar-refractivity contribution in [3.05, 3.63) is 0 Å². The van der Waals surface area contributed by atoms with Crippen LogP contribution in [-0.4, -0.2) is 19.0 Å². The molecule has 2 heteroatoms. The second-order valence-electron chi connectivity index (χ2n) is 0.998. The average molecular weight is 85.1 g/mol. The van der Waals surface area contributed by atoms with E-state index in [9.17, 15) is 4.79 Å². The first-order chi connectivity index (χ1) is 2.77. The highest BCUT2D eigenvalue weighted by Gasteiger charge is 1.74. The van der Waals surface area contributed by atoms with Crippen LogP contribution in [0.5, 0.6) is 0 Å². The molecule has 0 N–H and O–H groups in total. The van der Waals surface area contributed by atoms with Gasteiger partial charge in [-0.05, 0) is 0 Å². The normalized spacial score (nSPS) is 9.67. The smallest absolute Gasteiger partial charge is 0.170 e. The molecule has 0 unspecified atom stereocenters. The van der Waals surface area contributed by atoms with Crippen molar-refractivity contribution in [3.63, 3.8) is 0 Å². The van der Waals surface area contributed by atoms with Crippen molar-refractivity contribution in [2.45, 2.75) is 6.92 Å². The summed E-state index contributed by atoms with van der Waals surface area (Å²) in [5.41, 5.74) is 0. The van der Waals surface area contributed by atoms with Gasteiger partial charge < -0.3 is 0 Å². The number of Topliss-reactive ketones (excluding diaryl/α,β-unsaturated/α-hetero) is 1. The summed E-state index contributed by atoms with van der Waals surface area (Å²) in [4.78, 5) is 13.4. The van der Waals surface area contributed by atoms with Crippen LogP contribution in [-0.2, 0) is 4.79 Å². The Morgan fingerprint density at radius 1 is 1.83 bits per heavy atom. The molecule has 0 amide bonds. The molecular formula is C4H7NO. The van der Waals surface area contributed by atoms with E-state index >= 15 is 0 Å². The van der Waals surface area contributed by atoms with Gasteiger partial charge in [-0.15, -0.1) is 0 Å². The van der Waals surface area contributed by atoms with Crippen LogP contribution >= 0.6 is 0 Å².